The SMILES string of the molecule is CCCCCCCCC(C)CC(C)C(N)=O. The van der Waals surface area contributed by atoms with E-state index in [9.17, 15) is 4.79 Å². The fourth-order valence-electron chi connectivity index (χ4n) is 2.11. The number of carbonyl (C=O) groups is 1. The third-order valence-corrected chi connectivity index (χ3v) is 3.29. The van der Waals surface area contributed by atoms with Gasteiger partial charge in [-0.15, -0.1) is 0 Å². The molecule has 0 aromatic carbocycles. The van der Waals surface area contributed by atoms with Crippen LogP contribution >= 0.6 is 0 Å². The summed E-state index contributed by atoms with van der Waals surface area (Å²) < 4.78 is 0. The highest BCUT2D eigenvalue weighted by atomic mass is 16.1. The number of unbranched alkanes of at least 4 members (excludes halogenated alkanes) is 5. The maximum Gasteiger partial charge on any atom is 0.220 e. The zero-order valence-electron chi connectivity index (χ0n) is 11.3. The van der Waals surface area contributed by atoms with Gasteiger partial charge in [0.15, 0.2) is 0 Å². The molecule has 0 spiro atoms. The monoisotopic (exact) mass is 227 g/mol. The van der Waals surface area contributed by atoms with Crippen LogP contribution in [-0.4, -0.2) is 5.91 Å². The summed E-state index contributed by atoms with van der Waals surface area (Å²) in [6.07, 6.45) is 10.3. The summed E-state index contributed by atoms with van der Waals surface area (Å²) >= 11 is 0. The van der Waals surface area contributed by atoms with Crippen molar-refractivity contribution in [3.63, 3.8) is 0 Å². The molecule has 2 atom stereocenters. The first-order valence-corrected chi connectivity index (χ1v) is 6.87. The first-order valence-electron chi connectivity index (χ1n) is 6.87. The molecule has 0 heterocycles. The van der Waals surface area contributed by atoms with Crippen molar-refractivity contribution in [2.75, 3.05) is 0 Å². The Morgan fingerprint density at radius 3 is 2.19 bits per heavy atom. The molecule has 0 fully saturated rings. The number of rotatable bonds is 10. The van der Waals surface area contributed by atoms with Crippen molar-refractivity contribution in [1.82, 2.24) is 0 Å². The summed E-state index contributed by atoms with van der Waals surface area (Å²) in [6, 6.07) is 0. The molecule has 2 unspecified atom stereocenters. The predicted octanol–water partition coefficient (Wildman–Crippen LogP) is 3.88. The van der Waals surface area contributed by atoms with Crippen molar-refractivity contribution in [2.45, 2.75) is 72.1 Å². The number of primary amides is 1. The Balaban J connectivity index is 3.36. The first kappa shape index (κ1) is 15.5. The number of nitrogens with two attached hydrogens (primary N) is 1. The standard InChI is InChI=1S/C14H29NO/c1-4-5-6-7-8-9-10-12(2)11-13(3)14(15)16/h12-13H,4-11H2,1-3H3,(H2,15,16). The molecule has 0 rings (SSSR count). The Kier molecular flexibility index (Phi) is 9.36. The minimum Gasteiger partial charge on any atom is -0.369 e. The second-order valence-corrected chi connectivity index (χ2v) is 5.20. The van der Waals surface area contributed by atoms with Crippen molar-refractivity contribution in [2.24, 2.45) is 17.6 Å². The molecule has 96 valence electrons. The zero-order valence-corrected chi connectivity index (χ0v) is 11.3. The van der Waals surface area contributed by atoms with Crippen LogP contribution in [0.2, 0.25) is 0 Å². The van der Waals surface area contributed by atoms with E-state index in [0.717, 1.165) is 6.42 Å². The van der Waals surface area contributed by atoms with Gasteiger partial charge >= 0.3 is 0 Å². The normalized spacial score (nSPS) is 14.7. The number of hydrogen-bond acceptors (Lipinski definition) is 1. The van der Waals surface area contributed by atoms with Crippen molar-refractivity contribution in [3.05, 3.63) is 0 Å². The van der Waals surface area contributed by atoms with Gasteiger partial charge in [0.25, 0.3) is 0 Å². The predicted molar refractivity (Wildman–Crippen MR) is 70.1 cm³/mol. The first-order chi connectivity index (χ1) is 7.57. The molecule has 2 heteroatoms. The lowest BCUT2D eigenvalue weighted by Gasteiger charge is -2.14. The average molecular weight is 227 g/mol. The van der Waals surface area contributed by atoms with Crippen molar-refractivity contribution in [3.8, 4) is 0 Å². The van der Waals surface area contributed by atoms with Gasteiger partial charge in [-0.1, -0.05) is 65.7 Å². The van der Waals surface area contributed by atoms with Gasteiger partial charge in [-0.3, -0.25) is 4.79 Å². The lowest BCUT2D eigenvalue weighted by Crippen LogP contribution is -2.22. The zero-order chi connectivity index (χ0) is 12.4. The van der Waals surface area contributed by atoms with Crippen molar-refractivity contribution < 1.29 is 4.79 Å². The molecule has 0 bridgehead atoms. The fraction of sp³-hybridized carbons (Fsp3) is 0.929. The molecule has 0 saturated carbocycles. The summed E-state index contributed by atoms with van der Waals surface area (Å²) in [5.41, 5.74) is 5.26. The van der Waals surface area contributed by atoms with Crippen LogP contribution in [0.5, 0.6) is 0 Å². The van der Waals surface area contributed by atoms with Crippen molar-refractivity contribution >= 4 is 5.91 Å². The minimum absolute atomic E-state index is 0.0371. The van der Waals surface area contributed by atoms with Crippen molar-refractivity contribution in [1.29, 1.82) is 0 Å². The Labute approximate surface area is 101 Å². The molecule has 16 heavy (non-hydrogen) atoms. The van der Waals surface area contributed by atoms with Crippen LogP contribution in [0.1, 0.15) is 72.1 Å². The molecular formula is C14H29NO. The Morgan fingerprint density at radius 1 is 1.06 bits per heavy atom. The number of amides is 1. The molecule has 0 aliphatic rings. The van der Waals surface area contributed by atoms with E-state index in [-0.39, 0.29) is 11.8 Å². The van der Waals surface area contributed by atoms with E-state index in [4.69, 9.17) is 5.73 Å². The van der Waals surface area contributed by atoms with Crippen LogP contribution in [0.4, 0.5) is 0 Å². The van der Waals surface area contributed by atoms with Gasteiger partial charge in [0.2, 0.25) is 5.91 Å². The van der Waals surface area contributed by atoms with Crippen LogP contribution in [0.25, 0.3) is 0 Å². The lowest BCUT2D eigenvalue weighted by molar-refractivity contribution is -0.121. The molecule has 0 radical (unpaired) electrons. The quantitative estimate of drug-likeness (QED) is 0.565. The molecule has 1 amide bonds. The van der Waals surface area contributed by atoms with Gasteiger partial charge in [-0.25, -0.2) is 0 Å². The third-order valence-electron chi connectivity index (χ3n) is 3.29. The number of hydrogen-bond donors (Lipinski definition) is 1. The molecule has 2 nitrogen and oxygen atoms in total. The number of carbonyl (C=O) groups excluding carboxylic acids is 1. The van der Waals surface area contributed by atoms with Gasteiger partial charge in [0.1, 0.15) is 0 Å². The van der Waals surface area contributed by atoms with Gasteiger partial charge in [-0.2, -0.15) is 0 Å². The average Bonchev–Trinajstić information content (AvgIpc) is 2.23. The van der Waals surface area contributed by atoms with E-state index in [0.29, 0.717) is 5.92 Å². The smallest absolute Gasteiger partial charge is 0.220 e. The second kappa shape index (κ2) is 9.68. The maximum atomic E-state index is 10.9. The molecule has 0 aromatic heterocycles. The van der Waals surface area contributed by atoms with E-state index in [1.54, 1.807) is 0 Å². The molecule has 0 saturated heterocycles. The largest absolute Gasteiger partial charge is 0.369 e. The third kappa shape index (κ3) is 8.75. The summed E-state index contributed by atoms with van der Waals surface area (Å²) in [5.74, 6) is 0.513. The summed E-state index contributed by atoms with van der Waals surface area (Å²) in [7, 11) is 0. The van der Waals surface area contributed by atoms with Crippen LogP contribution in [0.15, 0.2) is 0 Å². The fourth-order valence-corrected chi connectivity index (χ4v) is 2.11. The van der Waals surface area contributed by atoms with E-state index in [1.807, 2.05) is 6.92 Å². The van der Waals surface area contributed by atoms with Gasteiger partial charge in [0.05, 0.1) is 0 Å². The van der Waals surface area contributed by atoms with Crippen LogP contribution in [0.3, 0.4) is 0 Å². The van der Waals surface area contributed by atoms with E-state index < -0.39 is 0 Å². The van der Waals surface area contributed by atoms with Crippen LogP contribution in [0, 0.1) is 11.8 Å². The van der Waals surface area contributed by atoms with Gasteiger partial charge in [-0.05, 0) is 12.3 Å². The lowest BCUT2D eigenvalue weighted by atomic mass is 9.92. The van der Waals surface area contributed by atoms with E-state index in [2.05, 4.69) is 13.8 Å². The van der Waals surface area contributed by atoms with Crippen LogP contribution in [-0.2, 0) is 4.79 Å². The highest BCUT2D eigenvalue weighted by Crippen LogP contribution is 2.18. The summed E-state index contributed by atoms with van der Waals surface area (Å²) in [5, 5.41) is 0. The molecule has 0 aliphatic carbocycles. The molecule has 2 N–H and O–H groups in total. The topological polar surface area (TPSA) is 43.1 Å². The Bertz CT molecular complexity index is 180. The van der Waals surface area contributed by atoms with E-state index >= 15 is 0 Å². The Morgan fingerprint density at radius 2 is 1.62 bits per heavy atom. The van der Waals surface area contributed by atoms with Gasteiger partial charge in [0, 0.05) is 5.92 Å². The maximum absolute atomic E-state index is 10.9. The molecular weight excluding hydrogens is 198 g/mol. The highest BCUT2D eigenvalue weighted by Gasteiger charge is 2.12. The van der Waals surface area contributed by atoms with Crippen LogP contribution < -0.4 is 5.73 Å². The molecule has 0 aromatic rings. The Hall–Kier alpha value is -0.530. The minimum atomic E-state index is -0.158. The van der Waals surface area contributed by atoms with Gasteiger partial charge < -0.3 is 5.73 Å². The van der Waals surface area contributed by atoms with E-state index in [1.165, 1.54) is 44.9 Å². The molecule has 0 aliphatic heterocycles. The summed E-state index contributed by atoms with van der Waals surface area (Å²) in [4.78, 5) is 10.9. The highest BCUT2D eigenvalue weighted by molar-refractivity contribution is 5.76. The second-order valence-electron chi connectivity index (χ2n) is 5.20. The summed E-state index contributed by atoms with van der Waals surface area (Å²) in [6.45, 7) is 6.40.